The predicted molar refractivity (Wildman–Crippen MR) is 121 cm³/mol. The second-order valence-corrected chi connectivity index (χ2v) is 9.80. The standard InChI is InChI=1S/C24H26N2O5S/c1-16-13-20(16)22-12-11-18(31-22)15-26(2)24(27)17-7-6-8-19(14-17)32(28,29)25-21-9-4-5-10-23(21)30-3/h4-12,14,16,20,25H,13,15H2,1-3H3/t16-,20+/m1/s1. The minimum Gasteiger partial charge on any atom is -0.495 e. The van der Waals surface area contributed by atoms with Gasteiger partial charge in [-0.15, -0.1) is 0 Å². The molecule has 1 N–H and O–H groups in total. The SMILES string of the molecule is COc1ccccc1NS(=O)(=O)c1cccc(C(=O)N(C)Cc2ccc([C@H]3C[C@H]3C)o2)c1. The summed E-state index contributed by atoms with van der Waals surface area (Å²) in [5, 5.41) is 0. The van der Waals surface area contributed by atoms with Gasteiger partial charge in [-0.2, -0.15) is 0 Å². The molecule has 0 unspecified atom stereocenters. The number of amides is 1. The first-order valence-electron chi connectivity index (χ1n) is 10.4. The van der Waals surface area contributed by atoms with Crippen LogP contribution in [0.5, 0.6) is 5.75 Å². The summed E-state index contributed by atoms with van der Waals surface area (Å²) in [5.74, 6) is 2.89. The van der Waals surface area contributed by atoms with E-state index < -0.39 is 10.0 Å². The lowest BCUT2D eigenvalue weighted by Gasteiger charge is -2.17. The molecular formula is C24H26N2O5S. The number of carbonyl (C=O) groups is 1. The number of sulfonamides is 1. The maximum atomic E-state index is 12.9. The smallest absolute Gasteiger partial charge is 0.262 e. The monoisotopic (exact) mass is 454 g/mol. The molecule has 1 saturated carbocycles. The van der Waals surface area contributed by atoms with Gasteiger partial charge in [0, 0.05) is 18.5 Å². The van der Waals surface area contributed by atoms with Gasteiger partial charge in [-0.1, -0.05) is 25.1 Å². The van der Waals surface area contributed by atoms with E-state index in [1.54, 1.807) is 43.4 Å². The van der Waals surface area contributed by atoms with E-state index in [0.717, 1.165) is 12.2 Å². The lowest BCUT2D eigenvalue weighted by Crippen LogP contribution is -2.26. The van der Waals surface area contributed by atoms with Gasteiger partial charge in [-0.3, -0.25) is 9.52 Å². The molecule has 8 heteroatoms. The summed E-state index contributed by atoms with van der Waals surface area (Å²) < 4.78 is 39.4. The summed E-state index contributed by atoms with van der Waals surface area (Å²) >= 11 is 0. The first-order chi connectivity index (χ1) is 15.3. The average Bonchev–Trinajstić information content (AvgIpc) is 3.34. The molecule has 1 aromatic heterocycles. The van der Waals surface area contributed by atoms with Crippen molar-refractivity contribution in [3.63, 3.8) is 0 Å². The van der Waals surface area contributed by atoms with Crippen LogP contribution in [0.15, 0.2) is 70.0 Å². The molecule has 2 atom stereocenters. The lowest BCUT2D eigenvalue weighted by molar-refractivity contribution is 0.0774. The Morgan fingerprint density at radius 2 is 1.91 bits per heavy atom. The number of carbonyl (C=O) groups excluding carboxylic acids is 1. The van der Waals surface area contributed by atoms with Gasteiger partial charge in [0.25, 0.3) is 15.9 Å². The summed E-state index contributed by atoms with van der Waals surface area (Å²) in [6.07, 6.45) is 1.13. The summed E-state index contributed by atoms with van der Waals surface area (Å²) in [4.78, 5) is 14.4. The summed E-state index contributed by atoms with van der Waals surface area (Å²) in [7, 11) is -0.777. The van der Waals surface area contributed by atoms with Crippen LogP contribution in [0.3, 0.4) is 0 Å². The summed E-state index contributed by atoms with van der Waals surface area (Å²) in [6.45, 7) is 2.49. The molecule has 0 radical (unpaired) electrons. The van der Waals surface area contributed by atoms with Crippen LogP contribution in [0.1, 0.15) is 41.1 Å². The van der Waals surface area contributed by atoms with Crippen LogP contribution in [0.2, 0.25) is 0 Å². The first-order valence-corrected chi connectivity index (χ1v) is 11.9. The van der Waals surface area contributed by atoms with Gasteiger partial charge < -0.3 is 14.1 Å². The Bertz CT molecular complexity index is 1230. The highest BCUT2D eigenvalue weighted by Crippen LogP contribution is 2.47. The van der Waals surface area contributed by atoms with E-state index in [-0.39, 0.29) is 16.4 Å². The second kappa shape index (κ2) is 8.70. The Balaban J connectivity index is 1.48. The van der Waals surface area contributed by atoms with Crippen LogP contribution in [0.4, 0.5) is 5.69 Å². The molecule has 168 valence electrons. The molecule has 1 amide bonds. The number of ether oxygens (including phenoxy) is 1. The fraction of sp³-hybridized carbons (Fsp3) is 0.292. The third kappa shape index (κ3) is 4.65. The largest absolute Gasteiger partial charge is 0.495 e. The summed E-state index contributed by atoms with van der Waals surface area (Å²) in [6, 6.07) is 16.6. The topological polar surface area (TPSA) is 88.8 Å². The van der Waals surface area contributed by atoms with Crippen molar-refractivity contribution < 1.29 is 22.4 Å². The zero-order valence-electron chi connectivity index (χ0n) is 18.2. The summed E-state index contributed by atoms with van der Waals surface area (Å²) in [5.41, 5.74) is 0.598. The predicted octanol–water partition coefficient (Wildman–Crippen LogP) is 4.48. The zero-order valence-corrected chi connectivity index (χ0v) is 19.1. The molecule has 0 spiro atoms. The number of benzene rings is 2. The van der Waals surface area contributed by atoms with E-state index >= 15 is 0 Å². The van der Waals surface area contributed by atoms with E-state index in [1.807, 2.05) is 12.1 Å². The number of para-hydroxylation sites is 2. The number of furan rings is 1. The van der Waals surface area contributed by atoms with E-state index in [1.165, 1.54) is 24.1 Å². The maximum Gasteiger partial charge on any atom is 0.262 e. The third-order valence-electron chi connectivity index (χ3n) is 5.64. The van der Waals surface area contributed by atoms with Gasteiger partial charge in [0.1, 0.15) is 17.3 Å². The highest BCUT2D eigenvalue weighted by molar-refractivity contribution is 7.92. The molecule has 1 aliphatic carbocycles. The Morgan fingerprint density at radius 3 is 2.62 bits per heavy atom. The number of hydrogen-bond acceptors (Lipinski definition) is 5. The van der Waals surface area contributed by atoms with Crippen LogP contribution in [-0.2, 0) is 16.6 Å². The van der Waals surface area contributed by atoms with Crippen molar-refractivity contribution in [1.29, 1.82) is 0 Å². The molecule has 1 aliphatic rings. The second-order valence-electron chi connectivity index (χ2n) is 8.12. The Kier molecular flexibility index (Phi) is 5.97. The molecule has 7 nitrogen and oxygen atoms in total. The minimum absolute atomic E-state index is 0.00865. The number of hydrogen-bond donors (Lipinski definition) is 1. The van der Waals surface area contributed by atoms with Crippen molar-refractivity contribution in [3.8, 4) is 5.75 Å². The van der Waals surface area contributed by atoms with Gasteiger partial charge in [-0.05, 0) is 54.8 Å². The number of nitrogens with one attached hydrogen (secondary N) is 1. The van der Waals surface area contributed by atoms with E-state index in [9.17, 15) is 13.2 Å². The maximum absolute atomic E-state index is 12.9. The normalized spacial score (nSPS) is 17.6. The van der Waals surface area contributed by atoms with Crippen LogP contribution in [0.25, 0.3) is 0 Å². The lowest BCUT2D eigenvalue weighted by atomic mass is 10.2. The van der Waals surface area contributed by atoms with Crippen molar-refractivity contribution in [3.05, 3.63) is 77.7 Å². The molecule has 1 fully saturated rings. The Morgan fingerprint density at radius 1 is 1.16 bits per heavy atom. The van der Waals surface area contributed by atoms with E-state index in [0.29, 0.717) is 35.6 Å². The average molecular weight is 455 g/mol. The number of methoxy groups -OCH3 is 1. The quantitative estimate of drug-likeness (QED) is 0.542. The highest BCUT2D eigenvalue weighted by Gasteiger charge is 2.36. The number of nitrogens with zero attached hydrogens (tertiary/aromatic N) is 1. The van der Waals surface area contributed by atoms with Crippen LogP contribution in [0, 0.1) is 5.92 Å². The molecule has 2 aromatic carbocycles. The van der Waals surface area contributed by atoms with Crippen LogP contribution < -0.4 is 9.46 Å². The van der Waals surface area contributed by atoms with Crippen molar-refractivity contribution in [1.82, 2.24) is 4.90 Å². The Hall–Kier alpha value is -3.26. The molecule has 32 heavy (non-hydrogen) atoms. The minimum atomic E-state index is -3.91. The number of rotatable bonds is 8. The van der Waals surface area contributed by atoms with Crippen molar-refractivity contribution in [2.24, 2.45) is 5.92 Å². The van der Waals surface area contributed by atoms with Gasteiger partial charge in [0.2, 0.25) is 0 Å². The van der Waals surface area contributed by atoms with Crippen molar-refractivity contribution >= 4 is 21.6 Å². The molecule has 4 rings (SSSR count). The van der Waals surface area contributed by atoms with Gasteiger partial charge >= 0.3 is 0 Å². The van der Waals surface area contributed by atoms with Gasteiger partial charge in [0.05, 0.1) is 24.2 Å². The number of anilines is 1. The molecule has 0 saturated heterocycles. The van der Waals surface area contributed by atoms with Crippen molar-refractivity contribution in [2.45, 2.75) is 30.7 Å². The Labute approximate surface area is 188 Å². The molecular weight excluding hydrogens is 428 g/mol. The van der Waals surface area contributed by atoms with Crippen molar-refractivity contribution in [2.75, 3.05) is 18.9 Å². The highest BCUT2D eigenvalue weighted by atomic mass is 32.2. The van der Waals surface area contributed by atoms with Crippen LogP contribution >= 0.6 is 0 Å². The van der Waals surface area contributed by atoms with Gasteiger partial charge in [0.15, 0.2) is 0 Å². The fourth-order valence-electron chi connectivity index (χ4n) is 3.65. The first kappa shape index (κ1) is 22.0. The molecule has 0 bridgehead atoms. The fourth-order valence-corrected chi connectivity index (χ4v) is 4.77. The molecule has 1 heterocycles. The van der Waals surface area contributed by atoms with E-state index in [4.69, 9.17) is 9.15 Å². The third-order valence-corrected chi connectivity index (χ3v) is 7.00. The van der Waals surface area contributed by atoms with Gasteiger partial charge in [-0.25, -0.2) is 8.42 Å². The molecule has 3 aromatic rings. The van der Waals surface area contributed by atoms with Crippen LogP contribution in [-0.4, -0.2) is 33.4 Å². The van der Waals surface area contributed by atoms with E-state index in [2.05, 4.69) is 11.6 Å². The molecule has 0 aliphatic heterocycles. The zero-order chi connectivity index (χ0) is 22.9.